The van der Waals surface area contributed by atoms with E-state index in [9.17, 15) is 14.4 Å². The van der Waals surface area contributed by atoms with Crippen molar-refractivity contribution in [2.75, 3.05) is 13.2 Å². The average Bonchev–Trinajstić information content (AvgIpc) is 3.21. The molecule has 0 radical (unpaired) electrons. The standard InChI is InChI=1S/C52H100O6/c1-7-47(5)39-33-27-21-15-13-11-9-10-12-14-16-23-29-35-41-50(53)56-44-49(45-57-51(54)42-36-30-25-19-20-26-32-38-46(3)4)58-52(55)43-37-31-24-18-17-22-28-34-40-48(6)8-2/h46-49H,7-45H2,1-6H3/t47?,48?,49-/m0/s1. The molecule has 0 aliphatic rings. The van der Waals surface area contributed by atoms with E-state index >= 15 is 0 Å². The van der Waals surface area contributed by atoms with Gasteiger partial charge in [-0.25, -0.2) is 0 Å². The molecule has 58 heavy (non-hydrogen) atoms. The van der Waals surface area contributed by atoms with E-state index in [2.05, 4.69) is 41.5 Å². The van der Waals surface area contributed by atoms with Crippen LogP contribution in [0.15, 0.2) is 0 Å². The Morgan fingerprint density at radius 2 is 0.603 bits per heavy atom. The van der Waals surface area contributed by atoms with Crippen molar-refractivity contribution < 1.29 is 28.6 Å². The number of unbranched alkanes of at least 4 members (excludes halogenated alkanes) is 26. The van der Waals surface area contributed by atoms with E-state index in [0.717, 1.165) is 75.5 Å². The van der Waals surface area contributed by atoms with E-state index in [1.165, 1.54) is 161 Å². The van der Waals surface area contributed by atoms with Gasteiger partial charge in [-0.15, -0.1) is 0 Å². The van der Waals surface area contributed by atoms with Crippen LogP contribution >= 0.6 is 0 Å². The molecule has 0 spiro atoms. The zero-order chi connectivity index (χ0) is 42.7. The highest BCUT2D eigenvalue weighted by Gasteiger charge is 2.19. The topological polar surface area (TPSA) is 78.9 Å². The van der Waals surface area contributed by atoms with E-state index < -0.39 is 6.10 Å². The van der Waals surface area contributed by atoms with Crippen molar-refractivity contribution in [1.29, 1.82) is 0 Å². The molecule has 0 saturated heterocycles. The minimum atomic E-state index is -0.763. The van der Waals surface area contributed by atoms with Crippen LogP contribution in [0.3, 0.4) is 0 Å². The lowest BCUT2D eigenvalue weighted by Crippen LogP contribution is -2.30. The number of hydrogen-bond acceptors (Lipinski definition) is 6. The zero-order valence-electron chi connectivity index (χ0n) is 39.8. The molecule has 0 amide bonds. The molecule has 6 heteroatoms. The van der Waals surface area contributed by atoms with Crippen molar-refractivity contribution in [2.24, 2.45) is 17.8 Å². The lowest BCUT2D eigenvalue weighted by molar-refractivity contribution is -0.167. The largest absolute Gasteiger partial charge is 0.462 e. The molecule has 0 bridgehead atoms. The van der Waals surface area contributed by atoms with Crippen molar-refractivity contribution >= 4 is 17.9 Å². The fraction of sp³-hybridized carbons (Fsp3) is 0.942. The molecule has 0 N–H and O–H groups in total. The van der Waals surface area contributed by atoms with Gasteiger partial charge < -0.3 is 14.2 Å². The second-order valence-electron chi connectivity index (χ2n) is 18.8. The first-order valence-corrected chi connectivity index (χ1v) is 25.7. The van der Waals surface area contributed by atoms with Gasteiger partial charge in [-0.05, 0) is 37.0 Å². The van der Waals surface area contributed by atoms with E-state index in [4.69, 9.17) is 14.2 Å². The highest BCUT2D eigenvalue weighted by Crippen LogP contribution is 2.18. The molecule has 3 atom stereocenters. The van der Waals surface area contributed by atoms with Crippen LogP contribution in [0.4, 0.5) is 0 Å². The second-order valence-corrected chi connectivity index (χ2v) is 18.8. The molecule has 0 aromatic carbocycles. The maximum absolute atomic E-state index is 12.8. The second kappa shape index (κ2) is 43.5. The number of carbonyl (C=O) groups is 3. The Labute approximate surface area is 361 Å². The first-order valence-electron chi connectivity index (χ1n) is 25.7. The summed E-state index contributed by atoms with van der Waals surface area (Å²) in [5.74, 6) is 1.66. The summed E-state index contributed by atoms with van der Waals surface area (Å²) in [6, 6.07) is 0. The third-order valence-electron chi connectivity index (χ3n) is 12.4. The van der Waals surface area contributed by atoms with Crippen LogP contribution in [0.5, 0.6) is 0 Å². The first kappa shape index (κ1) is 56.4. The minimum absolute atomic E-state index is 0.0655. The van der Waals surface area contributed by atoms with Crippen molar-refractivity contribution in [2.45, 2.75) is 285 Å². The van der Waals surface area contributed by atoms with Gasteiger partial charge in [0.05, 0.1) is 0 Å². The van der Waals surface area contributed by atoms with E-state index in [1.54, 1.807) is 0 Å². The van der Waals surface area contributed by atoms with Crippen LogP contribution in [-0.2, 0) is 28.6 Å². The van der Waals surface area contributed by atoms with Crippen LogP contribution in [0, 0.1) is 17.8 Å². The summed E-state index contributed by atoms with van der Waals surface area (Å²) >= 11 is 0. The molecule has 344 valence electrons. The highest BCUT2D eigenvalue weighted by atomic mass is 16.6. The molecule has 2 unspecified atom stereocenters. The Morgan fingerprint density at radius 3 is 0.897 bits per heavy atom. The Morgan fingerprint density at radius 1 is 0.345 bits per heavy atom. The molecular formula is C52H100O6. The van der Waals surface area contributed by atoms with Gasteiger partial charge in [0.25, 0.3) is 0 Å². The molecule has 0 rings (SSSR count). The number of hydrogen-bond donors (Lipinski definition) is 0. The summed E-state index contributed by atoms with van der Waals surface area (Å²) < 4.78 is 16.8. The van der Waals surface area contributed by atoms with Crippen LogP contribution < -0.4 is 0 Å². The van der Waals surface area contributed by atoms with Crippen LogP contribution in [0.1, 0.15) is 279 Å². The molecular weight excluding hydrogens is 721 g/mol. The van der Waals surface area contributed by atoms with Gasteiger partial charge in [0.2, 0.25) is 0 Å². The van der Waals surface area contributed by atoms with Gasteiger partial charge in [-0.1, -0.05) is 241 Å². The Balaban J connectivity index is 4.27. The van der Waals surface area contributed by atoms with Gasteiger partial charge in [-0.3, -0.25) is 14.4 Å². The lowest BCUT2D eigenvalue weighted by Gasteiger charge is -2.18. The van der Waals surface area contributed by atoms with Gasteiger partial charge in [0.15, 0.2) is 6.10 Å². The molecule has 0 aliphatic carbocycles. The summed E-state index contributed by atoms with van der Waals surface area (Å²) in [4.78, 5) is 37.9. The minimum Gasteiger partial charge on any atom is -0.462 e. The maximum Gasteiger partial charge on any atom is 0.306 e. The summed E-state index contributed by atoms with van der Waals surface area (Å²) in [6.07, 6.45) is 42.3. The average molecular weight is 821 g/mol. The third-order valence-corrected chi connectivity index (χ3v) is 12.4. The SMILES string of the molecule is CCC(C)CCCCCCCCCCCCCCCCC(=O)OC[C@@H](COC(=O)CCCCCCCCCC(C)C)OC(=O)CCCCCCCCCCC(C)CC. The van der Waals surface area contributed by atoms with Gasteiger partial charge in [0, 0.05) is 19.3 Å². The monoisotopic (exact) mass is 821 g/mol. The van der Waals surface area contributed by atoms with Crippen molar-refractivity contribution in [3.05, 3.63) is 0 Å². The fourth-order valence-corrected chi connectivity index (χ4v) is 7.70. The maximum atomic E-state index is 12.8. The predicted molar refractivity (Wildman–Crippen MR) is 247 cm³/mol. The Kier molecular flexibility index (Phi) is 42.3. The Bertz CT molecular complexity index is 902. The Hall–Kier alpha value is -1.59. The summed E-state index contributed by atoms with van der Waals surface area (Å²) in [5, 5.41) is 0. The predicted octanol–water partition coefficient (Wildman–Crippen LogP) is 16.4. The summed E-state index contributed by atoms with van der Waals surface area (Å²) in [5.41, 5.74) is 0. The number of carbonyl (C=O) groups excluding carboxylic acids is 3. The first-order chi connectivity index (χ1) is 28.2. The summed E-state index contributed by atoms with van der Waals surface area (Å²) in [6.45, 7) is 13.7. The van der Waals surface area contributed by atoms with Crippen molar-refractivity contribution in [1.82, 2.24) is 0 Å². The highest BCUT2D eigenvalue weighted by molar-refractivity contribution is 5.71. The quantitative estimate of drug-likeness (QED) is 0.0346. The molecule has 0 aliphatic heterocycles. The molecule has 0 saturated carbocycles. The smallest absolute Gasteiger partial charge is 0.306 e. The number of ether oxygens (including phenoxy) is 3. The van der Waals surface area contributed by atoms with Crippen LogP contribution in [-0.4, -0.2) is 37.2 Å². The van der Waals surface area contributed by atoms with Crippen molar-refractivity contribution in [3.8, 4) is 0 Å². The molecule has 0 heterocycles. The summed E-state index contributed by atoms with van der Waals surface area (Å²) in [7, 11) is 0. The zero-order valence-corrected chi connectivity index (χ0v) is 39.8. The number of esters is 3. The van der Waals surface area contributed by atoms with E-state index in [1.807, 2.05) is 0 Å². The van der Waals surface area contributed by atoms with E-state index in [0.29, 0.717) is 19.3 Å². The number of rotatable bonds is 45. The van der Waals surface area contributed by atoms with Gasteiger partial charge in [0.1, 0.15) is 13.2 Å². The molecule has 0 fully saturated rings. The van der Waals surface area contributed by atoms with Crippen LogP contribution in [0.2, 0.25) is 0 Å². The lowest BCUT2D eigenvalue weighted by atomic mass is 9.99. The van der Waals surface area contributed by atoms with Gasteiger partial charge in [-0.2, -0.15) is 0 Å². The molecule has 0 aromatic rings. The molecule has 0 aromatic heterocycles. The fourth-order valence-electron chi connectivity index (χ4n) is 7.70. The van der Waals surface area contributed by atoms with Crippen LogP contribution in [0.25, 0.3) is 0 Å². The third kappa shape index (κ3) is 42.5. The normalized spacial score (nSPS) is 13.1. The van der Waals surface area contributed by atoms with Crippen molar-refractivity contribution in [3.63, 3.8) is 0 Å². The molecule has 6 nitrogen and oxygen atoms in total. The van der Waals surface area contributed by atoms with E-state index in [-0.39, 0.29) is 31.1 Å². The van der Waals surface area contributed by atoms with Gasteiger partial charge >= 0.3 is 17.9 Å².